The summed E-state index contributed by atoms with van der Waals surface area (Å²) in [6.07, 6.45) is 2.48. The molecule has 0 fully saturated rings. The van der Waals surface area contributed by atoms with E-state index in [2.05, 4.69) is 26.1 Å². The van der Waals surface area contributed by atoms with Gasteiger partial charge >= 0.3 is 6.09 Å². The molecular weight excluding hydrogens is 190 g/mol. The fourth-order valence-corrected chi connectivity index (χ4v) is 1.54. The zero-order chi connectivity index (χ0) is 12.1. The number of nitrogens with one attached hydrogen (secondary N) is 1. The van der Waals surface area contributed by atoms with E-state index in [4.69, 9.17) is 4.74 Å². The molecule has 15 heavy (non-hydrogen) atoms. The fraction of sp³-hybridized carbons (Fsp3) is 0.917. The van der Waals surface area contributed by atoms with Crippen molar-refractivity contribution in [3.8, 4) is 0 Å². The first-order chi connectivity index (χ1) is 6.78. The number of ether oxygens (including phenoxy) is 1. The molecule has 3 nitrogen and oxygen atoms in total. The fourth-order valence-electron chi connectivity index (χ4n) is 1.54. The molecule has 1 amide bonds. The van der Waals surface area contributed by atoms with Gasteiger partial charge in [-0.15, -0.1) is 0 Å². The average Bonchev–Trinajstić information content (AvgIpc) is 2.11. The molecule has 0 unspecified atom stereocenters. The summed E-state index contributed by atoms with van der Waals surface area (Å²) in [5.41, 5.74) is -0.534. The maximum atomic E-state index is 11.6. The Labute approximate surface area is 93.6 Å². The first kappa shape index (κ1) is 14.3. The Morgan fingerprint density at radius 2 is 1.47 bits per heavy atom. The van der Waals surface area contributed by atoms with Gasteiger partial charge in [-0.2, -0.15) is 0 Å². The van der Waals surface area contributed by atoms with Crippen molar-refractivity contribution in [1.82, 2.24) is 5.32 Å². The predicted octanol–water partition coefficient (Wildman–Crippen LogP) is 3.48. The van der Waals surface area contributed by atoms with Gasteiger partial charge in [0, 0.05) is 5.54 Å². The zero-order valence-electron chi connectivity index (χ0n) is 10.9. The Bertz CT molecular complexity index is 194. The second-order valence-electron chi connectivity index (χ2n) is 4.97. The molecule has 3 heteroatoms. The van der Waals surface area contributed by atoms with Crippen LogP contribution in [0.4, 0.5) is 4.79 Å². The molecule has 0 heterocycles. The lowest BCUT2D eigenvalue weighted by atomic mass is 9.90. The van der Waals surface area contributed by atoms with Crippen LogP contribution in [0.5, 0.6) is 0 Å². The highest BCUT2D eigenvalue weighted by Crippen LogP contribution is 2.20. The summed E-state index contributed by atoms with van der Waals surface area (Å²) < 4.78 is 5.25. The van der Waals surface area contributed by atoms with Gasteiger partial charge in [0.15, 0.2) is 0 Å². The molecule has 0 aromatic carbocycles. The van der Waals surface area contributed by atoms with Crippen molar-refractivity contribution in [2.24, 2.45) is 0 Å². The van der Waals surface area contributed by atoms with Crippen LogP contribution in [-0.2, 0) is 4.74 Å². The van der Waals surface area contributed by atoms with E-state index >= 15 is 0 Å². The standard InChI is InChI=1S/C12H25NO2/c1-7-12(8-2,9-3)13-10(14)15-11(4,5)6/h7-9H2,1-6H3,(H,13,14). The highest BCUT2D eigenvalue weighted by atomic mass is 16.6. The van der Waals surface area contributed by atoms with Crippen LogP contribution in [0.25, 0.3) is 0 Å². The molecule has 0 aromatic rings. The largest absolute Gasteiger partial charge is 0.444 e. The molecule has 0 atom stereocenters. The minimum absolute atomic E-state index is 0.109. The second-order valence-corrected chi connectivity index (χ2v) is 4.97. The Morgan fingerprint density at radius 1 is 1.07 bits per heavy atom. The molecule has 0 spiro atoms. The molecule has 0 saturated heterocycles. The van der Waals surface area contributed by atoms with Gasteiger partial charge in [0.25, 0.3) is 0 Å². The molecule has 90 valence electrons. The minimum Gasteiger partial charge on any atom is -0.444 e. The monoisotopic (exact) mass is 215 g/mol. The number of alkyl carbamates (subject to hydrolysis) is 1. The third-order valence-electron chi connectivity index (χ3n) is 2.80. The van der Waals surface area contributed by atoms with E-state index in [0.29, 0.717) is 0 Å². The van der Waals surface area contributed by atoms with Crippen molar-refractivity contribution in [2.45, 2.75) is 71.9 Å². The van der Waals surface area contributed by atoms with Crippen molar-refractivity contribution in [3.05, 3.63) is 0 Å². The Balaban J connectivity index is 4.36. The van der Waals surface area contributed by atoms with E-state index in [0.717, 1.165) is 19.3 Å². The van der Waals surface area contributed by atoms with E-state index in [1.54, 1.807) is 0 Å². The summed E-state index contributed by atoms with van der Waals surface area (Å²) >= 11 is 0. The van der Waals surface area contributed by atoms with Crippen molar-refractivity contribution in [2.75, 3.05) is 0 Å². The smallest absolute Gasteiger partial charge is 0.408 e. The molecular formula is C12H25NO2. The maximum Gasteiger partial charge on any atom is 0.408 e. The summed E-state index contributed by atoms with van der Waals surface area (Å²) in [6.45, 7) is 11.9. The van der Waals surface area contributed by atoms with Crippen molar-refractivity contribution in [3.63, 3.8) is 0 Å². The van der Waals surface area contributed by atoms with Crippen LogP contribution in [0.15, 0.2) is 0 Å². The molecule has 0 aromatic heterocycles. The number of hydrogen-bond acceptors (Lipinski definition) is 2. The molecule has 1 N–H and O–H groups in total. The van der Waals surface area contributed by atoms with E-state index in [-0.39, 0.29) is 11.6 Å². The summed E-state index contributed by atoms with van der Waals surface area (Å²) in [4.78, 5) is 11.6. The lowest BCUT2D eigenvalue weighted by Crippen LogP contribution is -2.48. The summed E-state index contributed by atoms with van der Waals surface area (Å²) in [5.74, 6) is 0. The molecule has 0 bridgehead atoms. The minimum atomic E-state index is -0.426. The van der Waals surface area contributed by atoms with Gasteiger partial charge in [-0.05, 0) is 40.0 Å². The number of carbonyl (C=O) groups is 1. The summed E-state index contributed by atoms with van der Waals surface area (Å²) in [5, 5.41) is 2.97. The Kier molecular flexibility index (Phi) is 5.12. The second kappa shape index (κ2) is 5.38. The molecule has 0 aliphatic carbocycles. The van der Waals surface area contributed by atoms with Crippen molar-refractivity contribution >= 4 is 6.09 Å². The van der Waals surface area contributed by atoms with E-state index in [1.165, 1.54) is 0 Å². The van der Waals surface area contributed by atoms with Crippen LogP contribution in [-0.4, -0.2) is 17.2 Å². The quantitative estimate of drug-likeness (QED) is 0.779. The zero-order valence-corrected chi connectivity index (χ0v) is 10.9. The van der Waals surface area contributed by atoms with Gasteiger partial charge in [-0.3, -0.25) is 0 Å². The molecule has 0 aliphatic rings. The van der Waals surface area contributed by atoms with Crippen LogP contribution in [0.1, 0.15) is 60.8 Å². The molecule has 0 radical (unpaired) electrons. The van der Waals surface area contributed by atoms with Gasteiger partial charge in [0.1, 0.15) is 5.60 Å². The van der Waals surface area contributed by atoms with Crippen molar-refractivity contribution < 1.29 is 9.53 Å². The van der Waals surface area contributed by atoms with Gasteiger partial charge in [0.05, 0.1) is 0 Å². The number of carbonyl (C=O) groups excluding carboxylic acids is 1. The first-order valence-corrected chi connectivity index (χ1v) is 5.79. The van der Waals surface area contributed by atoms with Gasteiger partial charge in [0.2, 0.25) is 0 Å². The molecule has 0 rings (SSSR count). The molecule has 0 aliphatic heterocycles. The Morgan fingerprint density at radius 3 is 1.73 bits per heavy atom. The van der Waals surface area contributed by atoms with Gasteiger partial charge in [-0.25, -0.2) is 4.79 Å². The van der Waals surface area contributed by atoms with E-state index in [1.807, 2.05) is 20.8 Å². The number of rotatable bonds is 4. The Hall–Kier alpha value is -0.730. The number of hydrogen-bond donors (Lipinski definition) is 1. The third kappa shape index (κ3) is 5.05. The lowest BCUT2D eigenvalue weighted by Gasteiger charge is -2.32. The first-order valence-electron chi connectivity index (χ1n) is 5.79. The van der Waals surface area contributed by atoms with Crippen LogP contribution >= 0.6 is 0 Å². The number of amides is 1. The van der Waals surface area contributed by atoms with Crippen LogP contribution in [0.2, 0.25) is 0 Å². The van der Waals surface area contributed by atoms with Crippen LogP contribution in [0, 0.1) is 0 Å². The highest BCUT2D eigenvalue weighted by molar-refractivity contribution is 5.68. The topological polar surface area (TPSA) is 38.3 Å². The van der Waals surface area contributed by atoms with E-state index < -0.39 is 5.60 Å². The normalized spacial score (nSPS) is 12.4. The highest BCUT2D eigenvalue weighted by Gasteiger charge is 2.28. The van der Waals surface area contributed by atoms with Gasteiger partial charge < -0.3 is 10.1 Å². The van der Waals surface area contributed by atoms with Gasteiger partial charge in [-0.1, -0.05) is 20.8 Å². The van der Waals surface area contributed by atoms with Crippen molar-refractivity contribution in [1.29, 1.82) is 0 Å². The predicted molar refractivity (Wildman–Crippen MR) is 63.0 cm³/mol. The average molecular weight is 215 g/mol. The lowest BCUT2D eigenvalue weighted by molar-refractivity contribution is 0.0443. The third-order valence-corrected chi connectivity index (χ3v) is 2.80. The van der Waals surface area contributed by atoms with Crippen LogP contribution in [0.3, 0.4) is 0 Å². The SMILES string of the molecule is CCC(CC)(CC)NC(=O)OC(C)(C)C. The van der Waals surface area contributed by atoms with Crippen LogP contribution < -0.4 is 5.32 Å². The summed E-state index contributed by atoms with van der Waals surface area (Å²) in [7, 11) is 0. The summed E-state index contributed by atoms with van der Waals surface area (Å²) in [6, 6.07) is 0. The maximum absolute atomic E-state index is 11.6. The molecule has 0 saturated carbocycles. The van der Waals surface area contributed by atoms with E-state index in [9.17, 15) is 4.79 Å².